The first-order valence-corrected chi connectivity index (χ1v) is 6.75. The van der Waals surface area contributed by atoms with Gasteiger partial charge in [0.25, 0.3) is 5.56 Å². The molecule has 0 saturated heterocycles. The van der Waals surface area contributed by atoms with Gasteiger partial charge in [0.2, 0.25) is 0 Å². The molecule has 0 amide bonds. The summed E-state index contributed by atoms with van der Waals surface area (Å²) >= 11 is 0. The highest BCUT2D eigenvalue weighted by molar-refractivity contribution is 5.83. The second-order valence-corrected chi connectivity index (χ2v) is 4.95. The molecule has 0 spiro atoms. The van der Waals surface area contributed by atoms with Gasteiger partial charge in [0.15, 0.2) is 5.78 Å². The summed E-state index contributed by atoms with van der Waals surface area (Å²) in [6.45, 7) is 1.84. The molecule has 0 radical (unpaired) electrons. The number of hydrogen-bond donors (Lipinski definition) is 0. The Labute approximate surface area is 111 Å². The summed E-state index contributed by atoms with van der Waals surface area (Å²) < 4.78 is 1.62. The van der Waals surface area contributed by atoms with E-state index in [1.54, 1.807) is 10.6 Å². The summed E-state index contributed by atoms with van der Waals surface area (Å²) in [5, 5.41) is 0.599. The summed E-state index contributed by atoms with van der Waals surface area (Å²) in [5.74, 6) is 0.877. The Morgan fingerprint density at radius 2 is 2.21 bits per heavy atom. The van der Waals surface area contributed by atoms with Crippen molar-refractivity contribution in [2.24, 2.45) is 0 Å². The van der Waals surface area contributed by atoms with E-state index >= 15 is 0 Å². The van der Waals surface area contributed by atoms with Crippen molar-refractivity contribution in [3.05, 3.63) is 40.4 Å². The average Bonchev–Trinajstić information content (AvgIpc) is 2.46. The van der Waals surface area contributed by atoms with Crippen LogP contribution in [0.25, 0.3) is 10.9 Å². The van der Waals surface area contributed by atoms with Crippen molar-refractivity contribution in [1.82, 2.24) is 9.55 Å². The molecule has 1 aliphatic rings. The SMILES string of the molecule is CCC(=O)C1CCCc2nc3ccccc3c(=O)n21. The van der Waals surface area contributed by atoms with Crippen molar-refractivity contribution in [1.29, 1.82) is 0 Å². The van der Waals surface area contributed by atoms with Crippen molar-refractivity contribution in [3.63, 3.8) is 0 Å². The molecule has 3 rings (SSSR count). The lowest BCUT2D eigenvalue weighted by Crippen LogP contribution is -2.36. The topological polar surface area (TPSA) is 52.0 Å². The molecule has 2 aromatic rings. The first-order valence-electron chi connectivity index (χ1n) is 6.75. The van der Waals surface area contributed by atoms with Crippen LogP contribution in [0.3, 0.4) is 0 Å². The van der Waals surface area contributed by atoms with Crippen LogP contribution in [0.5, 0.6) is 0 Å². The van der Waals surface area contributed by atoms with E-state index in [1.807, 2.05) is 25.1 Å². The minimum Gasteiger partial charge on any atom is -0.297 e. The molecule has 0 aliphatic carbocycles. The van der Waals surface area contributed by atoms with Gasteiger partial charge in [0.05, 0.1) is 16.9 Å². The first-order chi connectivity index (χ1) is 9.22. The number of nitrogens with zero attached hydrogens (tertiary/aromatic N) is 2. The molecule has 4 heteroatoms. The summed E-state index contributed by atoms with van der Waals surface area (Å²) in [4.78, 5) is 29.2. The molecule has 1 atom stereocenters. The number of fused-ring (bicyclic) bond motifs is 2. The summed E-state index contributed by atoms with van der Waals surface area (Å²) in [5.41, 5.74) is 0.649. The van der Waals surface area contributed by atoms with Crippen LogP contribution in [0.4, 0.5) is 0 Å². The van der Waals surface area contributed by atoms with Crippen molar-refractivity contribution < 1.29 is 4.79 Å². The van der Waals surface area contributed by atoms with E-state index in [-0.39, 0.29) is 17.4 Å². The molecule has 1 aromatic carbocycles. The molecule has 19 heavy (non-hydrogen) atoms. The summed E-state index contributed by atoms with van der Waals surface area (Å²) in [7, 11) is 0. The van der Waals surface area contributed by atoms with Crippen molar-refractivity contribution in [2.45, 2.75) is 38.6 Å². The largest absolute Gasteiger partial charge is 0.297 e. The highest BCUT2D eigenvalue weighted by atomic mass is 16.1. The molecular weight excluding hydrogens is 240 g/mol. The van der Waals surface area contributed by atoms with Crippen LogP contribution in [-0.2, 0) is 11.2 Å². The number of aryl methyl sites for hydroxylation is 1. The maximum absolute atomic E-state index is 12.6. The van der Waals surface area contributed by atoms with Crippen LogP contribution in [0.1, 0.15) is 38.1 Å². The zero-order valence-corrected chi connectivity index (χ0v) is 10.9. The highest BCUT2D eigenvalue weighted by Gasteiger charge is 2.27. The standard InChI is InChI=1S/C15H16N2O2/c1-2-13(18)12-8-5-9-14-16-11-7-4-3-6-10(11)15(19)17(12)14/h3-4,6-7,12H,2,5,8-9H2,1H3. The zero-order chi connectivity index (χ0) is 13.4. The van der Waals surface area contributed by atoms with Gasteiger partial charge in [-0.15, -0.1) is 0 Å². The fraction of sp³-hybridized carbons (Fsp3) is 0.400. The van der Waals surface area contributed by atoms with E-state index in [1.165, 1.54) is 0 Å². The van der Waals surface area contributed by atoms with E-state index in [4.69, 9.17) is 0 Å². The van der Waals surface area contributed by atoms with Gasteiger partial charge in [0.1, 0.15) is 5.82 Å². The number of para-hydroxylation sites is 1. The molecule has 0 fully saturated rings. The lowest BCUT2D eigenvalue weighted by Gasteiger charge is -2.26. The van der Waals surface area contributed by atoms with Gasteiger partial charge < -0.3 is 0 Å². The number of aromatic nitrogens is 2. The second-order valence-electron chi connectivity index (χ2n) is 4.95. The van der Waals surface area contributed by atoms with Crippen LogP contribution in [-0.4, -0.2) is 15.3 Å². The molecule has 0 N–H and O–H groups in total. The molecular formula is C15H16N2O2. The molecule has 0 bridgehead atoms. The van der Waals surface area contributed by atoms with Crippen LogP contribution in [0.15, 0.2) is 29.1 Å². The Morgan fingerprint density at radius 1 is 1.42 bits per heavy atom. The number of carbonyl (C=O) groups is 1. The second kappa shape index (κ2) is 4.61. The van der Waals surface area contributed by atoms with Gasteiger partial charge >= 0.3 is 0 Å². The molecule has 1 aliphatic heterocycles. The molecule has 1 aromatic heterocycles. The van der Waals surface area contributed by atoms with Gasteiger partial charge in [0, 0.05) is 12.8 Å². The van der Waals surface area contributed by atoms with E-state index in [2.05, 4.69) is 4.98 Å². The normalized spacial score (nSPS) is 18.3. The third-order valence-electron chi connectivity index (χ3n) is 3.79. The van der Waals surface area contributed by atoms with Crippen LogP contribution in [0.2, 0.25) is 0 Å². The van der Waals surface area contributed by atoms with Crippen LogP contribution < -0.4 is 5.56 Å². The van der Waals surface area contributed by atoms with Crippen molar-refractivity contribution in [3.8, 4) is 0 Å². The Hall–Kier alpha value is -1.97. The summed E-state index contributed by atoms with van der Waals surface area (Å²) in [6.07, 6.45) is 2.90. The van der Waals surface area contributed by atoms with E-state index in [0.717, 1.165) is 30.6 Å². The predicted octanol–water partition coefficient (Wildman–Crippen LogP) is 2.25. The minimum atomic E-state index is -0.321. The number of rotatable bonds is 2. The molecule has 2 heterocycles. The fourth-order valence-corrected chi connectivity index (χ4v) is 2.81. The number of ketones is 1. The molecule has 1 unspecified atom stereocenters. The predicted molar refractivity (Wildman–Crippen MR) is 73.3 cm³/mol. The number of Topliss-reactive ketones (excluding diaryl/α,β-unsaturated/α-hetero) is 1. The van der Waals surface area contributed by atoms with Crippen LogP contribution in [0, 0.1) is 0 Å². The van der Waals surface area contributed by atoms with Crippen molar-refractivity contribution >= 4 is 16.7 Å². The maximum atomic E-state index is 12.6. The average molecular weight is 256 g/mol. The Morgan fingerprint density at radius 3 is 3.00 bits per heavy atom. The van der Waals surface area contributed by atoms with E-state index < -0.39 is 0 Å². The van der Waals surface area contributed by atoms with Crippen LogP contribution >= 0.6 is 0 Å². The van der Waals surface area contributed by atoms with Gasteiger partial charge in [-0.05, 0) is 25.0 Å². The van der Waals surface area contributed by atoms with Crippen molar-refractivity contribution in [2.75, 3.05) is 0 Å². The fourth-order valence-electron chi connectivity index (χ4n) is 2.81. The van der Waals surface area contributed by atoms with E-state index in [9.17, 15) is 9.59 Å². The van der Waals surface area contributed by atoms with Gasteiger partial charge in [-0.1, -0.05) is 19.1 Å². The molecule has 0 saturated carbocycles. The van der Waals surface area contributed by atoms with Gasteiger partial charge in [-0.2, -0.15) is 0 Å². The third kappa shape index (κ3) is 1.87. The van der Waals surface area contributed by atoms with Gasteiger partial charge in [-0.3, -0.25) is 14.2 Å². The highest BCUT2D eigenvalue weighted by Crippen LogP contribution is 2.24. The summed E-state index contributed by atoms with van der Waals surface area (Å²) in [6, 6.07) is 7.02. The lowest BCUT2D eigenvalue weighted by molar-refractivity contribution is -0.122. The Balaban J connectivity index is 2.29. The Bertz CT molecular complexity index is 703. The minimum absolute atomic E-state index is 0.0768. The molecule has 4 nitrogen and oxygen atoms in total. The quantitative estimate of drug-likeness (QED) is 0.828. The monoisotopic (exact) mass is 256 g/mol. The number of carbonyl (C=O) groups excluding carboxylic acids is 1. The number of hydrogen-bond acceptors (Lipinski definition) is 3. The number of benzene rings is 1. The zero-order valence-electron chi connectivity index (χ0n) is 10.9. The smallest absolute Gasteiger partial charge is 0.262 e. The maximum Gasteiger partial charge on any atom is 0.262 e. The first kappa shape index (κ1) is 12.1. The third-order valence-corrected chi connectivity index (χ3v) is 3.79. The van der Waals surface area contributed by atoms with Gasteiger partial charge in [-0.25, -0.2) is 4.98 Å². The molecule has 98 valence electrons. The lowest BCUT2D eigenvalue weighted by atomic mass is 9.98. The van der Waals surface area contributed by atoms with E-state index in [0.29, 0.717) is 11.8 Å². The Kier molecular flexibility index (Phi) is 2.93.